The van der Waals surface area contributed by atoms with Crippen LogP contribution in [0, 0.1) is 26.0 Å². The molecular weight excluding hydrogens is 463 g/mol. The van der Waals surface area contributed by atoms with Crippen LogP contribution in [-0.4, -0.2) is 28.8 Å². The number of hydrogen-bond donors (Lipinski definition) is 2. The topological polar surface area (TPSA) is 154 Å². The molecule has 0 aliphatic carbocycles. The minimum Gasteiger partial charge on any atom is -0.490 e. The van der Waals surface area contributed by atoms with Crippen LogP contribution >= 0.6 is 0 Å². The summed E-state index contributed by atoms with van der Waals surface area (Å²) in [7, 11) is 1.23. The number of methoxy groups -OCH3 is 1. The maximum Gasteiger partial charge on any atom is 0.311 e. The molecular formula is C23H17FN4O7. The molecule has 0 radical (unpaired) electrons. The number of nitrogens with one attached hydrogen (secondary N) is 2. The van der Waals surface area contributed by atoms with E-state index in [0.717, 1.165) is 24.3 Å². The lowest BCUT2D eigenvalue weighted by molar-refractivity contribution is -0.385. The number of anilines is 1. The number of nitrogens with zero attached hydrogens (tertiary/aromatic N) is 2. The largest absolute Gasteiger partial charge is 0.490 e. The van der Waals surface area contributed by atoms with E-state index in [0.29, 0.717) is 0 Å². The third-order valence-corrected chi connectivity index (χ3v) is 4.65. The van der Waals surface area contributed by atoms with Gasteiger partial charge < -0.3 is 15.4 Å². The van der Waals surface area contributed by atoms with Gasteiger partial charge in [-0.1, -0.05) is 18.2 Å². The van der Waals surface area contributed by atoms with E-state index in [9.17, 15) is 34.2 Å². The van der Waals surface area contributed by atoms with Crippen molar-refractivity contribution in [3.63, 3.8) is 0 Å². The van der Waals surface area contributed by atoms with Crippen molar-refractivity contribution in [2.75, 3.05) is 12.4 Å². The third-order valence-electron chi connectivity index (χ3n) is 4.65. The van der Waals surface area contributed by atoms with Crippen LogP contribution < -0.4 is 15.4 Å². The van der Waals surface area contributed by atoms with Crippen molar-refractivity contribution in [1.82, 2.24) is 5.32 Å². The lowest BCUT2D eigenvalue weighted by Gasteiger charge is -2.12. The molecule has 0 atom stereocenters. The molecule has 0 aliphatic heterocycles. The Labute approximate surface area is 197 Å². The second-order valence-corrected chi connectivity index (χ2v) is 6.94. The second-order valence-electron chi connectivity index (χ2n) is 6.94. The first-order chi connectivity index (χ1) is 16.7. The average Bonchev–Trinajstić information content (AvgIpc) is 2.83. The lowest BCUT2D eigenvalue weighted by Crippen LogP contribution is -2.30. The van der Waals surface area contributed by atoms with Gasteiger partial charge in [0.2, 0.25) is 0 Å². The number of nitro benzene ring substituents is 2. The molecule has 0 unspecified atom stereocenters. The van der Waals surface area contributed by atoms with E-state index >= 15 is 0 Å². The highest BCUT2D eigenvalue weighted by atomic mass is 19.1. The Morgan fingerprint density at radius 2 is 1.66 bits per heavy atom. The summed E-state index contributed by atoms with van der Waals surface area (Å²) in [6.45, 7) is 0. The highest BCUT2D eigenvalue weighted by Crippen LogP contribution is 2.28. The van der Waals surface area contributed by atoms with E-state index in [1.807, 2.05) is 0 Å². The number of carbonyl (C=O) groups is 2. The van der Waals surface area contributed by atoms with Crippen LogP contribution in [0.2, 0.25) is 0 Å². The molecule has 0 spiro atoms. The Balaban J connectivity index is 2.01. The zero-order valence-electron chi connectivity index (χ0n) is 18.1. The minimum absolute atomic E-state index is 0.00269. The Hall–Kier alpha value is -5.13. The Kier molecular flexibility index (Phi) is 7.46. The van der Waals surface area contributed by atoms with Crippen LogP contribution in [0.3, 0.4) is 0 Å². The van der Waals surface area contributed by atoms with Crippen LogP contribution in [0.4, 0.5) is 21.5 Å². The van der Waals surface area contributed by atoms with Gasteiger partial charge in [-0.25, -0.2) is 4.39 Å². The van der Waals surface area contributed by atoms with Crippen LogP contribution in [0.25, 0.3) is 6.08 Å². The average molecular weight is 480 g/mol. The first-order valence-corrected chi connectivity index (χ1v) is 9.85. The van der Waals surface area contributed by atoms with Gasteiger partial charge in [0.15, 0.2) is 5.75 Å². The molecule has 178 valence electrons. The second kappa shape index (κ2) is 10.7. The monoisotopic (exact) mass is 480 g/mol. The maximum absolute atomic E-state index is 13.5. The normalized spacial score (nSPS) is 10.9. The standard InChI is InChI=1S/C23H17FN4O7/c1-35-21-10-9-15(12-20(21)28(33)34)22(29)26-18(11-14-5-2-3-8-19(14)27(31)32)23(30)25-17-7-4-6-16(24)13-17/h2-13H,1H3,(H,25,30)(H,26,29)/b18-11-. The predicted octanol–water partition coefficient (Wildman–Crippen LogP) is 4.06. The molecule has 2 amide bonds. The van der Waals surface area contributed by atoms with Gasteiger partial charge in [0.25, 0.3) is 17.5 Å². The van der Waals surface area contributed by atoms with E-state index < -0.39 is 38.9 Å². The Morgan fingerprint density at radius 1 is 0.943 bits per heavy atom. The van der Waals surface area contributed by atoms with Gasteiger partial charge in [-0.3, -0.25) is 29.8 Å². The molecule has 0 aliphatic rings. The fourth-order valence-electron chi connectivity index (χ4n) is 3.02. The molecule has 0 heterocycles. The number of carbonyl (C=O) groups excluding carboxylic acids is 2. The van der Waals surface area contributed by atoms with Gasteiger partial charge in [0, 0.05) is 23.4 Å². The quantitative estimate of drug-likeness (QED) is 0.280. The molecule has 0 saturated heterocycles. The number of hydrogen-bond acceptors (Lipinski definition) is 7. The Bertz CT molecular complexity index is 1360. The van der Waals surface area contributed by atoms with Crippen LogP contribution in [0.15, 0.2) is 72.4 Å². The number of para-hydroxylation sites is 1. The van der Waals surface area contributed by atoms with Gasteiger partial charge in [-0.2, -0.15) is 0 Å². The third kappa shape index (κ3) is 6.01. The molecule has 3 aromatic carbocycles. The van der Waals surface area contributed by atoms with Crippen molar-refractivity contribution in [2.45, 2.75) is 0 Å². The zero-order chi connectivity index (χ0) is 25.5. The van der Waals surface area contributed by atoms with Crippen LogP contribution in [-0.2, 0) is 4.79 Å². The predicted molar refractivity (Wildman–Crippen MR) is 123 cm³/mol. The first-order valence-electron chi connectivity index (χ1n) is 9.85. The number of amides is 2. The fourth-order valence-corrected chi connectivity index (χ4v) is 3.02. The number of rotatable bonds is 8. The van der Waals surface area contributed by atoms with Crippen molar-refractivity contribution >= 4 is 35.0 Å². The summed E-state index contributed by atoms with van der Waals surface area (Å²) >= 11 is 0. The minimum atomic E-state index is -0.912. The highest BCUT2D eigenvalue weighted by Gasteiger charge is 2.22. The summed E-state index contributed by atoms with van der Waals surface area (Å²) in [5.74, 6) is -2.52. The SMILES string of the molecule is COc1ccc(C(=O)N/C(=C\c2ccccc2[N+](=O)[O-])C(=O)Nc2cccc(F)c2)cc1[N+](=O)[O-]. The van der Waals surface area contributed by atoms with Crippen molar-refractivity contribution in [3.8, 4) is 5.75 Å². The molecule has 35 heavy (non-hydrogen) atoms. The molecule has 2 N–H and O–H groups in total. The maximum atomic E-state index is 13.5. The summed E-state index contributed by atoms with van der Waals surface area (Å²) in [6.07, 6.45) is 1.07. The van der Waals surface area contributed by atoms with E-state index in [-0.39, 0.29) is 28.3 Å². The van der Waals surface area contributed by atoms with Gasteiger partial charge in [-0.15, -0.1) is 0 Å². The molecule has 3 rings (SSSR count). The number of nitro groups is 2. The van der Waals surface area contributed by atoms with Crippen molar-refractivity contribution < 1.29 is 28.6 Å². The summed E-state index contributed by atoms with van der Waals surface area (Å²) in [5.41, 5.74) is -1.34. The molecule has 12 heteroatoms. The van der Waals surface area contributed by atoms with Gasteiger partial charge >= 0.3 is 5.69 Å². The molecule has 0 bridgehead atoms. The van der Waals surface area contributed by atoms with E-state index in [1.165, 1.54) is 55.6 Å². The van der Waals surface area contributed by atoms with E-state index in [4.69, 9.17) is 4.74 Å². The summed E-state index contributed by atoms with van der Waals surface area (Å²) in [6, 6.07) is 13.9. The Morgan fingerprint density at radius 3 is 2.31 bits per heavy atom. The summed E-state index contributed by atoms with van der Waals surface area (Å²) in [4.78, 5) is 47.1. The molecule has 11 nitrogen and oxygen atoms in total. The van der Waals surface area contributed by atoms with E-state index in [2.05, 4.69) is 10.6 Å². The number of halogens is 1. The number of benzene rings is 3. The highest BCUT2D eigenvalue weighted by molar-refractivity contribution is 6.11. The van der Waals surface area contributed by atoms with Gasteiger partial charge in [0.1, 0.15) is 11.5 Å². The van der Waals surface area contributed by atoms with Crippen molar-refractivity contribution in [3.05, 3.63) is 110 Å². The van der Waals surface area contributed by atoms with Gasteiger partial charge in [-0.05, 0) is 42.5 Å². The van der Waals surface area contributed by atoms with Crippen LogP contribution in [0.5, 0.6) is 5.75 Å². The van der Waals surface area contributed by atoms with Crippen LogP contribution in [0.1, 0.15) is 15.9 Å². The van der Waals surface area contributed by atoms with Crippen molar-refractivity contribution in [1.29, 1.82) is 0 Å². The fraction of sp³-hybridized carbons (Fsp3) is 0.0435. The van der Waals surface area contributed by atoms with Crippen molar-refractivity contribution in [2.24, 2.45) is 0 Å². The molecule has 0 fully saturated rings. The zero-order valence-corrected chi connectivity index (χ0v) is 18.1. The van der Waals surface area contributed by atoms with E-state index in [1.54, 1.807) is 0 Å². The summed E-state index contributed by atoms with van der Waals surface area (Å²) < 4.78 is 18.4. The smallest absolute Gasteiger partial charge is 0.311 e. The van der Waals surface area contributed by atoms with Gasteiger partial charge in [0.05, 0.1) is 22.5 Å². The first kappa shape index (κ1) is 24.5. The molecule has 3 aromatic rings. The summed E-state index contributed by atoms with van der Waals surface area (Å²) in [5, 5.41) is 27.4. The molecule has 0 saturated carbocycles. The lowest BCUT2D eigenvalue weighted by atomic mass is 10.1. The number of ether oxygens (including phenoxy) is 1. The molecule has 0 aromatic heterocycles.